The van der Waals surface area contributed by atoms with Gasteiger partial charge in [-0.3, -0.25) is 0 Å². The first-order valence-corrected chi connectivity index (χ1v) is 7.70. The van der Waals surface area contributed by atoms with Gasteiger partial charge in [0.2, 0.25) is 0 Å². The monoisotopic (exact) mass is 317 g/mol. The number of aromatic nitrogens is 1. The van der Waals surface area contributed by atoms with Gasteiger partial charge < -0.3 is 19.1 Å². The summed E-state index contributed by atoms with van der Waals surface area (Å²) in [6, 6.07) is 13.1. The lowest BCUT2D eigenvalue weighted by molar-refractivity contribution is 0.191. The minimum absolute atomic E-state index is 0.0399. The summed E-state index contributed by atoms with van der Waals surface area (Å²) < 4.78 is 16.5. The number of hydrogen-bond acceptors (Lipinski definition) is 6. The zero-order valence-corrected chi connectivity index (χ0v) is 12.6. The van der Waals surface area contributed by atoms with E-state index in [4.69, 9.17) is 19.1 Å². The molecule has 2 heterocycles. The molecular weight excluding hydrogens is 302 g/mol. The van der Waals surface area contributed by atoms with Crippen LogP contribution in [0.25, 0.3) is 10.6 Å². The van der Waals surface area contributed by atoms with Crippen LogP contribution in [0.1, 0.15) is 5.69 Å². The molecular formula is C16H15NO4S. The van der Waals surface area contributed by atoms with E-state index >= 15 is 0 Å². The predicted molar refractivity (Wildman–Crippen MR) is 83.2 cm³/mol. The molecule has 0 atom stereocenters. The fraction of sp³-hybridized carbons (Fsp3) is 0.188. The van der Waals surface area contributed by atoms with Gasteiger partial charge in [0.15, 0.2) is 17.3 Å². The molecule has 0 spiro atoms. The first kappa shape index (κ1) is 14.6. The average Bonchev–Trinajstić information content (AvgIpc) is 3.22. The van der Waals surface area contributed by atoms with Crippen LogP contribution in [-0.4, -0.2) is 23.5 Å². The third-order valence-electron chi connectivity index (χ3n) is 2.90. The Morgan fingerprint density at radius 1 is 1.09 bits per heavy atom. The van der Waals surface area contributed by atoms with Gasteiger partial charge in [0.05, 0.1) is 11.5 Å². The number of rotatable bonds is 7. The second-order valence-corrected chi connectivity index (χ2v) is 5.41. The Morgan fingerprint density at radius 2 is 1.91 bits per heavy atom. The predicted octanol–water partition coefficient (Wildman–Crippen LogP) is 3.35. The van der Waals surface area contributed by atoms with Crippen molar-refractivity contribution in [1.82, 2.24) is 5.16 Å². The standard InChI is InChI=1S/C16H15NO4S/c18-7-8-19-13-4-1-2-5-14(13)20-11-12-10-15(21-17-12)16-6-3-9-22-16/h1-6,9-10,18H,7-8,11H2. The van der Waals surface area contributed by atoms with Gasteiger partial charge in [-0.2, -0.15) is 0 Å². The molecule has 114 valence electrons. The Kier molecular flexibility index (Phi) is 4.72. The summed E-state index contributed by atoms with van der Waals surface area (Å²) in [6.45, 7) is 0.475. The summed E-state index contributed by atoms with van der Waals surface area (Å²) in [5.74, 6) is 1.94. The zero-order valence-electron chi connectivity index (χ0n) is 11.8. The molecule has 3 aromatic rings. The van der Waals surface area contributed by atoms with Gasteiger partial charge in [0, 0.05) is 6.07 Å². The van der Waals surface area contributed by atoms with Crippen molar-refractivity contribution in [2.24, 2.45) is 0 Å². The van der Waals surface area contributed by atoms with E-state index in [1.54, 1.807) is 17.4 Å². The van der Waals surface area contributed by atoms with Gasteiger partial charge in [-0.25, -0.2) is 0 Å². The van der Waals surface area contributed by atoms with Crippen LogP contribution in [0, 0.1) is 0 Å². The summed E-state index contributed by atoms with van der Waals surface area (Å²) in [6.07, 6.45) is 0. The molecule has 6 heteroatoms. The molecule has 0 bridgehead atoms. The molecule has 22 heavy (non-hydrogen) atoms. The molecule has 0 unspecified atom stereocenters. The van der Waals surface area contributed by atoms with Gasteiger partial charge in [0.1, 0.15) is 18.9 Å². The Balaban J connectivity index is 1.65. The van der Waals surface area contributed by atoms with Crippen LogP contribution in [0.3, 0.4) is 0 Å². The summed E-state index contributed by atoms with van der Waals surface area (Å²) in [7, 11) is 0. The molecule has 1 aromatic carbocycles. The first-order valence-electron chi connectivity index (χ1n) is 6.82. The van der Waals surface area contributed by atoms with Crippen molar-refractivity contribution in [3.8, 4) is 22.1 Å². The van der Waals surface area contributed by atoms with Crippen LogP contribution < -0.4 is 9.47 Å². The number of para-hydroxylation sites is 2. The van der Waals surface area contributed by atoms with E-state index in [1.807, 2.05) is 41.8 Å². The highest BCUT2D eigenvalue weighted by Crippen LogP contribution is 2.28. The molecule has 0 saturated carbocycles. The first-order chi connectivity index (χ1) is 10.9. The minimum Gasteiger partial charge on any atom is -0.487 e. The number of aliphatic hydroxyl groups excluding tert-OH is 1. The van der Waals surface area contributed by atoms with Gasteiger partial charge in [-0.1, -0.05) is 23.4 Å². The number of thiophene rings is 1. The number of nitrogens with zero attached hydrogens (tertiary/aromatic N) is 1. The molecule has 0 saturated heterocycles. The van der Waals surface area contributed by atoms with E-state index in [0.717, 1.165) is 10.6 Å². The lowest BCUT2D eigenvalue weighted by Crippen LogP contribution is -2.04. The third-order valence-corrected chi connectivity index (χ3v) is 3.78. The Labute approximate surface area is 131 Å². The summed E-state index contributed by atoms with van der Waals surface area (Å²) in [5, 5.41) is 14.8. The maximum absolute atomic E-state index is 8.83. The van der Waals surface area contributed by atoms with Crippen molar-refractivity contribution in [1.29, 1.82) is 0 Å². The summed E-state index contributed by atoms with van der Waals surface area (Å²) in [4.78, 5) is 1.03. The molecule has 5 nitrogen and oxygen atoms in total. The maximum Gasteiger partial charge on any atom is 0.177 e. The Morgan fingerprint density at radius 3 is 2.64 bits per heavy atom. The molecule has 0 aliphatic carbocycles. The van der Waals surface area contributed by atoms with Crippen molar-refractivity contribution in [2.45, 2.75) is 6.61 Å². The molecule has 0 fully saturated rings. The molecule has 0 aliphatic heterocycles. The van der Waals surface area contributed by atoms with Crippen LogP contribution in [0.15, 0.2) is 52.4 Å². The van der Waals surface area contributed by atoms with E-state index in [0.29, 0.717) is 17.2 Å². The highest BCUT2D eigenvalue weighted by molar-refractivity contribution is 7.13. The molecule has 3 rings (SSSR count). The van der Waals surface area contributed by atoms with Crippen LogP contribution in [0.2, 0.25) is 0 Å². The number of aliphatic hydroxyl groups is 1. The van der Waals surface area contributed by atoms with Crippen molar-refractivity contribution in [3.05, 3.63) is 53.5 Å². The Bertz CT molecular complexity index is 709. The van der Waals surface area contributed by atoms with Crippen LogP contribution in [0.5, 0.6) is 11.5 Å². The van der Waals surface area contributed by atoms with Gasteiger partial charge >= 0.3 is 0 Å². The van der Waals surface area contributed by atoms with Crippen molar-refractivity contribution >= 4 is 11.3 Å². The highest BCUT2D eigenvalue weighted by Gasteiger charge is 2.10. The lowest BCUT2D eigenvalue weighted by Gasteiger charge is -2.10. The minimum atomic E-state index is -0.0399. The van der Waals surface area contributed by atoms with Gasteiger partial charge in [-0.15, -0.1) is 11.3 Å². The number of benzene rings is 1. The average molecular weight is 317 g/mol. The second kappa shape index (κ2) is 7.11. The molecule has 0 aliphatic rings. The molecule has 2 aromatic heterocycles. The normalized spacial score (nSPS) is 10.6. The van der Waals surface area contributed by atoms with Gasteiger partial charge in [-0.05, 0) is 23.6 Å². The molecule has 0 amide bonds. The number of hydrogen-bond donors (Lipinski definition) is 1. The van der Waals surface area contributed by atoms with E-state index in [2.05, 4.69) is 5.16 Å². The SMILES string of the molecule is OCCOc1ccccc1OCc1cc(-c2cccs2)on1. The van der Waals surface area contributed by atoms with E-state index in [-0.39, 0.29) is 19.8 Å². The quantitative estimate of drug-likeness (QED) is 0.724. The van der Waals surface area contributed by atoms with E-state index < -0.39 is 0 Å². The lowest BCUT2D eigenvalue weighted by atomic mass is 10.3. The second-order valence-electron chi connectivity index (χ2n) is 4.47. The van der Waals surface area contributed by atoms with Gasteiger partial charge in [0.25, 0.3) is 0 Å². The molecule has 1 N–H and O–H groups in total. The largest absolute Gasteiger partial charge is 0.487 e. The Hall–Kier alpha value is -2.31. The third kappa shape index (κ3) is 3.47. The smallest absolute Gasteiger partial charge is 0.177 e. The highest BCUT2D eigenvalue weighted by atomic mass is 32.1. The van der Waals surface area contributed by atoms with E-state index in [9.17, 15) is 0 Å². The number of ether oxygens (including phenoxy) is 2. The van der Waals surface area contributed by atoms with Crippen molar-refractivity contribution in [3.63, 3.8) is 0 Å². The topological polar surface area (TPSA) is 64.7 Å². The van der Waals surface area contributed by atoms with Crippen LogP contribution in [0.4, 0.5) is 0 Å². The zero-order chi connectivity index (χ0) is 15.2. The van der Waals surface area contributed by atoms with Crippen LogP contribution >= 0.6 is 11.3 Å². The van der Waals surface area contributed by atoms with Crippen molar-refractivity contribution in [2.75, 3.05) is 13.2 Å². The fourth-order valence-corrected chi connectivity index (χ4v) is 2.58. The van der Waals surface area contributed by atoms with Crippen molar-refractivity contribution < 1.29 is 19.1 Å². The fourth-order valence-electron chi connectivity index (χ4n) is 1.91. The van der Waals surface area contributed by atoms with E-state index in [1.165, 1.54) is 0 Å². The molecule has 0 radical (unpaired) electrons. The van der Waals surface area contributed by atoms with Crippen LogP contribution in [-0.2, 0) is 6.61 Å². The summed E-state index contributed by atoms with van der Waals surface area (Å²) in [5.41, 5.74) is 0.709. The maximum atomic E-state index is 8.83. The summed E-state index contributed by atoms with van der Waals surface area (Å²) >= 11 is 1.60.